The Morgan fingerprint density at radius 3 is 2.25 bits per heavy atom. The summed E-state index contributed by atoms with van der Waals surface area (Å²) in [7, 11) is 0. The van der Waals surface area contributed by atoms with Crippen LogP contribution in [0.15, 0.2) is 88.9 Å². The van der Waals surface area contributed by atoms with Gasteiger partial charge in [0.05, 0.1) is 5.69 Å². The number of pyridine rings is 1. The lowest BCUT2D eigenvalue weighted by atomic mass is 9.95. The molecule has 3 aromatic rings. The monoisotopic (exact) mass is 391 g/mol. The summed E-state index contributed by atoms with van der Waals surface area (Å²) in [5.74, 6) is 0.562. The van der Waals surface area contributed by atoms with Gasteiger partial charge in [-0.3, -0.25) is 4.79 Å². The predicted molar refractivity (Wildman–Crippen MR) is 116 cm³/mol. The Hall–Kier alpha value is -2.59. The SMILES string of the molecule is CCC(CC)c1cc[n+](CC(=O)Nc2ccccc2Sc2ccccc2)cc1. The molecule has 0 saturated carbocycles. The van der Waals surface area contributed by atoms with Gasteiger partial charge in [-0.05, 0) is 48.6 Å². The van der Waals surface area contributed by atoms with Gasteiger partial charge < -0.3 is 5.32 Å². The van der Waals surface area contributed by atoms with Crippen LogP contribution in [0.5, 0.6) is 0 Å². The van der Waals surface area contributed by atoms with Gasteiger partial charge in [0.1, 0.15) is 0 Å². The van der Waals surface area contributed by atoms with Crippen molar-refractivity contribution in [3.8, 4) is 0 Å². The summed E-state index contributed by atoms with van der Waals surface area (Å²) in [5.41, 5.74) is 2.18. The van der Waals surface area contributed by atoms with Crippen molar-refractivity contribution in [2.45, 2.75) is 48.9 Å². The lowest BCUT2D eigenvalue weighted by Gasteiger charge is -2.12. The topological polar surface area (TPSA) is 33.0 Å². The molecule has 0 aliphatic rings. The highest BCUT2D eigenvalue weighted by Gasteiger charge is 2.14. The molecule has 0 radical (unpaired) electrons. The molecule has 0 unspecified atom stereocenters. The van der Waals surface area contributed by atoms with Crippen LogP contribution in [0.1, 0.15) is 38.2 Å². The fraction of sp³-hybridized carbons (Fsp3) is 0.250. The van der Waals surface area contributed by atoms with Crippen LogP contribution in [0.3, 0.4) is 0 Å². The molecule has 1 heterocycles. The minimum atomic E-state index is -0.0265. The van der Waals surface area contributed by atoms with Gasteiger partial charge in [0, 0.05) is 21.9 Å². The summed E-state index contributed by atoms with van der Waals surface area (Å²) in [6, 6.07) is 22.4. The fourth-order valence-corrected chi connectivity index (χ4v) is 4.16. The van der Waals surface area contributed by atoms with Crippen molar-refractivity contribution in [2.24, 2.45) is 0 Å². The van der Waals surface area contributed by atoms with Crippen LogP contribution >= 0.6 is 11.8 Å². The molecule has 0 atom stereocenters. The van der Waals surface area contributed by atoms with Gasteiger partial charge in [0.25, 0.3) is 5.91 Å². The van der Waals surface area contributed by atoms with E-state index in [0.717, 1.165) is 28.3 Å². The molecule has 2 aromatic carbocycles. The quantitative estimate of drug-likeness (QED) is 0.502. The number of carbonyl (C=O) groups excluding carboxylic acids is 1. The van der Waals surface area contributed by atoms with Crippen LogP contribution in [0, 0.1) is 0 Å². The number of para-hydroxylation sites is 1. The molecular weight excluding hydrogens is 364 g/mol. The highest BCUT2D eigenvalue weighted by Crippen LogP contribution is 2.33. The molecule has 3 rings (SSSR count). The summed E-state index contributed by atoms with van der Waals surface area (Å²) in [6.07, 6.45) is 6.27. The zero-order chi connectivity index (χ0) is 19.8. The average Bonchev–Trinajstić information content (AvgIpc) is 2.72. The number of hydrogen-bond acceptors (Lipinski definition) is 2. The molecule has 1 aromatic heterocycles. The molecule has 0 aliphatic carbocycles. The Balaban J connectivity index is 1.65. The number of nitrogens with one attached hydrogen (secondary N) is 1. The van der Waals surface area contributed by atoms with Gasteiger partial charge in [-0.2, -0.15) is 4.57 Å². The third-order valence-corrected chi connectivity index (χ3v) is 5.92. The van der Waals surface area contributed by atoms with E-state index in [4.69, 9.17) is 0 Å². The van der Waals surface area contributed by atoms with Crippen molar-refractivity contribution in [3.05, 3.63) is 84.7 Å². The zero-order valence-corrected chi connectivity index (χ0v) is 17.3. The van der Waals surface area contributed by atoms with E-state index in [0.29, 0.717) is 12.5 Å². The van der Waals surface area contributed by atoms with Crippen molar-refractivity contribution < 1.29 is 9.36 Å². The lowest BCUT2D eigenvalue weighted by molar-refractivity contribution is -0.684. The van der Waals surface area contributed by atoms with Crippen molar-refractivity contribution in [1.29, 1.82) is 0 Å². The van der Waals surface area contributed by atoms with Gasteiger partial charge in [-0.15, -0.1) is 0 Å². The van der Waals surface area contributed by atoms with E-state index in [1.807, 2.05) is 59.4 Å². The normalized spacial score (nSPS) is 10.8. The number of aromatic nitrogens is 1. The van der Waals surface area contributed by atoms with E-state index in [1.54, 1.807) is 11.8 Å². The average molecular weight is 392 g/mol. The van der Waals surface area contributed by atoms with E-state index < -0.39 is 0 Å². The molecule has 0 bridgehead atoms. The van der Waals surface area contributed by atoms with Crippen molar-refractivity contribution >= 4 is 23.4 Å². The van der Waals surface area contributed by atoms with E-state index in [9.17, 15) is 4.79 Å². The lowest BCUT2D eigenvalue weighted by Crippen LogP contribution is -2.39. The van der Waals surface area contributed by atoms with Crippen LogP contribution in [0.4, 0.5) is 5.69 Å². The Kier molecular flexibility index (Phi) is 7.26. The molecule has 1 amide bonds. The second kappa shape index (κ2) is 10.1. The predicted octanol–water partition coefficient (Wildman–Crippen LogP) is 5.67. The van der Waals surface area contributed by atoms with Gasteiger partial charge in [0.2, 0.25) is 6.54 Å². The molecule has 0 fully saturated rings. The number of anilines is 1. The maximum Gasteiger partial charge on any atom is 0.290 e. The standard InChI is InChI=1S/C24H26N2OS/c1-3-19(4-2)20-14-16-26(17-15-20)18-24(27)25-22-12-8-9-13-23(22)28-21-10-6-5-7-11-21/h5-17,19H,3-4,18H2,1-2H3/p+1. The first-order valence-corrected chi connectivity index (χ1v) is 10.6. The van der Waals surface area contributed by atoms with Gasteiger partial charge in [-0.1, -0.05) is 55.9 Å². The summed E-state index contributed by atoms with van der Waals surface area (Å²) in [4.78, 5) is 14.8. The number of carbonyl (C=O) groups is 1. The van der Waals surface area contributed by atoms with E-state index in [-0.39, 0.29) is 5.91 Å². The van der Waals surface area contributed by atoms with Crippen LogP contribution in [0.25, 0.3) is 0 Å². The molecule has 0 spiro atoms. The Bertz CT molecular complexity index is 890. The molecule has 3 nitrogen and oxygen atoms in total. The highest BCUT2D eigenvalue weighted by molar-refractivity contribution is 7.99. The summed E-state index contributed by atoms with van der Waals surface area (Å²) in [5, 5.41) is 3.06. The first-order valence-electron chi connectivity index (χ1n) is 9.80. The zero-order valence-electron chi connectivity index (χ0n) is 16.5. The van der Waals surface area contributed by atoms with Crippen LogP contribution < -0.4 is 9.88 Å². The van der Waals surface area contributed by atoms with Crippen LogP contribution in [-0.2, 0) is 11.3 Å². The Morgan fingerprint density at radius 2 is 1.57 bits per heavy atom. The second-order valence-electron chi connectivity index (χ2n) is 6.78. The molecule has 28 heavy (non-hydrogen) atoms. The number of amides is 1. The Labute approximate surface area is 171 Å². The molecule has 1 N–H and O–H groups in total. The van der Waals surface area contributed by atoms with Crippen LogP contribution in [-0.4, -0.2) is 5.91 Å². The molecular formula is C24H27N2OS+. The van der Waals surface area contributed by atoms with Gasteiger partial charge in [0.15, 0.2) is 12.4 Å². The highest BCUT2D eigenvalue weighted by atomic mass is 32.2. The number of benzene rings is 2. The number of rotatable bonds is 8. The molecule has 144 valence electrons. The van der Waals surface area contributed by atoms with E-state index in [1.165, 1.54) is 5.56 Å². The van der Waals surface area contributed by atoms with E-state index >= 15 is 0 Å². The maximum atomic E-state index is 12.6. The van der Waals surface area contributed by atoms with Crippen molar-refractivity contribution in [3.63, 3.8) is 0 Å². The van der Waals surface area contributed by atoms with Gasteiger partial charge >= 0.3 is 0 Å². The summed E-state index contributed by atoms with van der Waals surface area (Å²) in [6.45, 7) is 4.73. The van der Waals surface area contributed by atoms with E-state index in [2.05, 4.69) is 43.4 Å². The maximum absolute atomic E-state index is 12.6. The Morgan fingerprint density at radius 1 is 0.929 bits per heavy atom. The summed E-state index contributed by atoms with van der Waals surface area (Å²) >= 11 is 1.65. The minimum absolute atomic E-state index is 0.0265. The van der Waals surface area contributed by atoms with Crippen LogP contribution in [0.2, 0.25) is 0 Å². The number of hydrogen-bond donors (Lipinski definition) is 1. The number of nitrogens with zero attached hydrogens (tertiary/aromatic N) is 1. The van der Waals surface area contributed by atoms with Gasteiger partial charge in [-0.25, -0.2) is 0 Å². The largest absolute Gasteiger partial charge is 0.320 e. The third-order valence-electron chi connectivity index (χ3n) is 4.83. The minimum Gasteiger partial charge on any atom is -0.320 e. The van der Waals surface area contributed by atoms with Crippen molar-refractivity contribution in [2.75, 3.05) is 5.32 Å². The first kappa shape index (κ1) is 20.2. The third kappa shape index (κ3) is 5.46. The molecule has 4 heteroatoms. The fourth-order valence-electron chi connectivity index (χ4n) is 3.24. The first-order chi connectivity index (χ1) is 13.7. The van der Waals surface area contributed by atoms with Crippen molar-refractivity contribution in [1.82, 2.24) is 0 Å². The summed E-state index contributed by atoms with van der Waals surface area (Å²) < 4.78 is 1.92. The smallest absolute Gasteiger partial charge is 0.290 e. The molecule has 0 aliphatic heterocycles. The molecule has 0 saturated heterocycles. The second-order valence-corrected chi connectivity index (χ2v) is 7.89.